The van der Waals surface area contributed by atoms with Gasteiger partial charge in [-0.2, -0.15) is 0 Å². The van der Waals surface area contributed by atoms with Gasteiger partial charge in [-0.05, 0) is 43.7 Å². The highest BCUT2D eigenvalue weighted by Gasteiger charge is 2.26. The lowest BCUT2D eigenvalue weighted by Gasteiger charge is -2.38. The first kappa shape index (κ1) is 17.4. The molecule has 3 nitrogen and oxygen atoms in total. The smallest absolute Gasteiger partial charge is 0.159 e. The number of Topliss-reactive ketones (excluding diaryl/α,β-unsaturated/α-hetero) is 1. The van der Waals surface area contributed by atoms with Crippen LogP contribution >= 0.6 is 0 Å². The van der Waals surface area contributed by atoms with Gasteiger partial charge in [0.2, 0.25) is 0 Å². The predicted molar refractivity (Wildman–Crippen MR) is 99.6 cm³/mol. The van der Waals surface area contributed by atoms with E-state index in [9.17, 15) is 4.79 Å². The molecule has 128 valence electrons. The number of carbonyl (C=O) groups excluding carboxylic acids is 1. The third-order valence-corrected chi connectivity index (χ3v) is 4.33. The van der Waals surface area contributed by atoms with Crippen molar-refractivity contribution >= 4 is 5.78 Å². The number of ketones is 1. The molecule has 3 heteroatoms. The molecule has 25 heavy (non-hydrogen) atoms. The van der Waals surface area contributed by atoms with Crippen LogP contribution in [-0.2, 0) is 11.3 Å². The normalized spacial score (nSPS) is 14.5. The second-order valence-corrected chi connectivity index (χ2v) is 6.35. The lowest BCUT2D eigenvalue weighted by molar-refractivity contribution is -0.0531. The van der Waals surface area contributed by atoms with Crippen LogP contribution in [0.25, 0.3) is 0 Å². The number of likely N-dealkylation sites (tertiary alicyclic amines) is 1. The summed E-state index contributed by atoms with van der Waals surface area (Å²) < 4.78 is 5.58. The maximum atomic E-state index is 11.3. The van der Waals surface area contributed by atoms with Gasteiger partial charge in [-0.3, -0.25) is 9.69 Å². The average molecular weight is 333 g/mol. The minimum absolute atomic E-state index is 0.0740. The topological polar surface area (TPSA) is 29.5 Å². The molecule has 3 rings (SSSR count). The van der Waals surface area contributed by atoms with Crippen LogP contribution in [0.2, 0.25) is 0 Å². The van der Waals surface area contributed by atoms with Crippen LogP contribution in [0.3, 0.4) is 0 Å². The summed E-state index contributed by atoms with van der Waals surface area (Å²) in [4.78, 5) is 13.7. The van der Waals surface area contributed by atoms with Gasteiger partial charge in [-0.15, -0.1) is 0 Å². The Morgan fingerprint density at radius 2 is 1.60 bits per heavy atom. The first-order valence-corrected chi connectivity index (χ1v) is 8.70. The Bertz CT molecular complexity index is 776. The SMILES string of the molecule is CCOC1CN(Cc2ccc(C#Cc3ccc(C(C)=O)cc3)cc2)C1. The van der Waals surface area contributed by atoms with E-state index in [1.807, 2.05) is 31.2 Å². The van der Waals surface area contributed by atoms with E-state index in [1.54, 1.807) is 6.92 Å². The summed E-state index contributed by atoms with van der Waals surface area (Å²) in [6.07, 6.45) is 0.407. The maximum Gasteiger partial charge on any atom is 0.159 e. The molecule has 0 N–H and O–H groups in total. The van der Waals surface area contributed by atoms with Crippen LogP contribution in [0.15, 0.2) is 48.5 Å². The highest BCUT2D eigenvalue weighted by Crippen LogP contribution is 2.16. The van der Waals surface area contributed by atoms with Crippen molar-refractivity contribution in [2.45, 2.75) is 26.5 Å². The average Bonchev–Trinajstić information content (AvgIpc) is 2.59. The van der Waals surface area contributed by atoms with E-state index in [1.165, 1.54) is 5.56 Å². The zero-order valence-corrected chi connectivity index (χ0v) is 14.8. The van der Waals surface area contributed by atoms with Crippen molar-refractivity contribution in [2.24, 2.45) is 0 Å². The van der Waals surface area contributed by atoms with Gasteiger partial charge < -0.3 is 4.74 Å². The van der Waals surface area contributed by atoms with Crippen LogP contribution in [0.4, 0.5) is 0 Å². The van der Waals surface area contributed by atoms with E-state index in [2.05, 4.69) is 41.0 Å². The molecule has 0 unspecified atom stereocenters. The summed E-state index contributed by atoms with van der Waals surface area (Å²) in [5, 5.41) is 0. The van der Waals surface area contributed by atoms with Crippen LogP contribution in [0.1, 0.15) is 40.9 Å². The highest BCUT2D eigenvalue weighted by atomic mass is 16.5. The number of hydrogen-bond donors (Lipinski definition) is 0. The summed E-state index contributed by atoms with van der Waals surface area (Å²) in [7, 11) is 0. The van der Waals surface area contributed by atoms with Crippen LogP contribution in [0.5, 0.6) is 0 Å². The van der Waals surface area contributed by atoms with Crippen LogP contribution in [-0.4, -0.2) is 36.5 Å². The molecule has 1 aliphatic heterocycles. The summed E-state index contributed by atoms with van der Waals surface area (Å²) in [6, 6.07) is 15.8. The van der Waals surface area contributed by atoms with Crippen molar-refractivity contribution in [1.82, 2.24) is 4.90 Å². The predicted octanol–water partition coefficient (Wildman–Crippen LogP) is 3.51. The Kier molecular flexibility index (Phi) is 5.65. The minimum Gasteiger partial charge on any atom is -0.376 e. The maximum absolute atomic E-state index is 11.3. The fourth-order valence-electron chi connectivity index (χ4n) is 2.88. The molecule has 0 radical (unpaired) electrons. The van der Waals surface area contributed by atoms with Crippen LogP contribution in [0, 0.1) is 11.8 Å². The Morgan fingerprint density at radius 1 is 1.04 bits per heavy atom. The van der Waals surface area contributed by atoms with Gasteiger partial charge in [-0.1, -0.05) is 36.1 Å². The molecule has 2 aromatic rings. The van der Waals surface area contributed by atoms with Crippen molar-refractivity contribution in [3.05, 3.63) is 70.8 Å². The molecule has 0 aromatic heterocycles. The Balaban J connectivity index is 1.55. The molecule has 0 spiro atoms. The second kappa shape index (κ2) is 8.11. The molecule has 0 bridgehead atoms. The molecule has 1 heterocycles. The van der Waals surface area contributed by atoms with Gasteiger partial charge in [0, 0.05) is 42.9 Å². The van der Waals surface area contributed by atoms with E-state index >= 15 is 0 Å². The van der Waals surface area contributed by atoms with E-state index in [4.69, 9.17) is 4.74 Å². The lowest BCUT2D eigenvalue weighted by atomic mass is 10.1. The summed E-state index contributed by atoms with van der Waals surface area (Å²) in [5.74, 6) is 6.39. The number of hydrogen-bond acceptors (Lipinski definition) is 3. The van der Waals surface area contributed by atoms with E-state index < -0.39 is 0 Å². The molecule has 0 saturated carbocycles. The molecule has 0 amide bonds. The van der Waals surface area contributed by atoms with Gasteiger partial charge in [0.1, 0.15) is 0 Å². The minimum atomic E-state index is 0.0740. The molecule has 2 aromatic carbocycles. The van der Waals surface area contributed by atoms with Crippen LogP contribution < -0.4 is 0 Å². The second-order valence-electron chi connectivity index (χ2n) is 6.35. The summed E-state index contributed by atoms with van der Waals surface area (Å²) in [6.45, 7) is 7.41. The van der Waals surface area contributed by atoms with Gasteiger partial charge in [0.15, 0.2) is 5.78 Å². The Labute approximate surface area is 149 Å². The lowest BCUT2D eigenvalue weighted by Crippen LogP contribution is -2.51. The summed E-state index contributed by atoms with van der Waals surface area (Å²) >= 11 is 0. The van der Waals surface area contributed by atoms with Crippen molar-refractivity contribution in [3.63, 3.8) is 0 Å². The highest BCUT2D eigenvalue weighted by molar-refractivity contribution is 5.94. The first-order valence-electron chi connectivity index (χ1n) is 8.70. The molecule has 1 fully saturated rings. The van der Waals surface area contributed by atoms with Crippen molar-refractivity contribution < 1.29 is 9.53 Å². The third kappa shape index (κ3) is 4.79. The number of rotatable bonds is 5. The zero-order chi connectivity index (χ0) is 17.6. The Hall–Kier alpha value is -2.41. The zero-order valence-electron chi connectivity index (χ0n) is 14.8. The summed E-state index contributed by atoms with van der Waals surface area (Å²) in [5.41, 5.74) is 3.92. The number of nitrogens with zero attached hydrogens (tertiary/aromatic N) is 1. The van der Waals surface area contributed by atoms with Gasteiger partial charge in [0.05, 0.1) is 6.10 Å². The quantitative estimate of drug-likeness (QED) is 0.619. The van der Waals surface area contributed by atoms with Gasteiger partial charge >= 0.3 is 0 Å². The molecule has 0 atom stereocenters. The number of ether oxygens (including phenoxy) is 1. The van der Waals surface area contributed by atoms with Crippen molar-refractivity contribution in [3.8, 4) is 11.8 Å². The fraction of sp³-hybridized carbons (Fsp3) is 0.318. The molecular weight excluding hydrogens is 310 g/mol. The molecule has 1 aliphatic rings. The van der Waals surface area contributed by atoms with Crippen molar-refractivity contribution in [2.75, 3.05) is 19.7 Å². The van der Waals surface area contributed by atoms with Gasteiger partial charge in [0.25, 0.3) is 0 Å². The Morgan fingerprint density at radius 3 is 2.12 bits per heavy atom. The van der Waals surface area contributed by atoms with Crippen molar-refractivity contribution in [1.29, 1.82) is 0 Å². The molecule has 0 aliphatic carbocycles. The largest absolute Gasteiger partial charge is 0.376 e. The standard InChI is InChI=1S/C22H23NO2/c1-3-25-22-15-23(16-22)14-20-8-6-18(7-9-20)4-5-19-10-12-21(13-11-19)17(2)24/h6-13,22H,3,14-16H2,1-2H3. The monoisotopic (exact) mass is 333 g/mol. The number of carbonyl (C=O) groups is 1. The molecule has 1 saturated heterocycles. The fourth-order valence-corrected chi connectivity index (χ4v) is 2.88. The van der Waals surface area contributed by atoms with E-state index in [0.29, 0.717) is 11.7 Å². The van der Waals surface area contributed by atoms with Gasteiger partial charge in [-0.25, -0.2) is 0 Å². The number of benzene rings is 2. The third-order valence-electron chi connectivity index (χ3n) is 4.33. The molecular formula is C22H23NO2. The van der Waals surface area contributed by atoms with E-state index in [0.717, 1.165) is 37.4 Å². The van der Waals surface area contributed by atoms with E-state index in [-0.39, 0.29) is 5.78 Å². The first-order chi connectivity index (χ1) is 12.1.